The van der Waals surface area contributed by atoms with E-state index in [1.807, 2.05) is 57.5 Å². The molecule has 264 valence electrons. The summed E-state index contributed by atoms with van der Waals surface area (Å²) < 4.78 is 21.5. The fourth-order valence-corrected chi connectivity index (χ4v) is 5.70. The zero-order valence-electron chi connectivity index (χ0n) is 27.7. The number of thiazole rings is 1. The van der Waals surface area contributed by atoms with Crippen molar-refractivity contribution < 1.29 is 38.4 Å². The maximum Gasteiger partial charge on any atom is 0.246 e. The van der Waals surface area contributed by atoms with Crippen LogP contribution in [0.2, 0.25) is 0 Å². The lowest BCUT2D eigenvalue weighted by atomic mass is 9.85. The van der Waals surface area contributed by atoms with E-state index in [2.05, 4.69) is 15.6 Å². The SMILES string of the molecule is Cc1ncsc1-c1ccc(CNC(=O)C2C[C@@H](O)CN2C(=O)C(NC(=O)COCCOCCOCCOCCN)C(C)(C)C)cc1.Cl. The molecular formula is C32H50ClN5O8S. The van der Waals surface area contributed by atoms with Crippen LogP contribution in [0.1, 0.15) is 38.4 Å². The van der Waals surface area contributed by atoms with Crippen molar-refractivity contribution in [1.29, 1.82) is 0 Å². The molecule has 3 rings (SSSR count). The Hall–Kier alpha value is -2.69. The minimum Gasteiger partial charge on any atom is -0.391 e. The second-order valence-electron chi connectivity index (χ2n) is 12.1. The van der Waals surface area contributed by atoms with Crippen LogP contribution in [0, 0.1) is 12.3 Å². The average Bonchev–Trinajstić information content (AvgIpc) is 3.63. The van der Waals surface area contributed by atoms with Crippen molar-refractivity contribution in [2.75, 3.05) is 65.9 Å². The lowest BCUT2D eigenvalue weighted by molar-refractivity contribution is -0.144. The number of benzene rings is 1. The van der Waals surface area contributed by atoms with Crippen LogP contribution >= 0.6 is 23.7 Å². The zero-order valence-corrected chi connectivity index (χ0v) is 29.3. The van der Waals surface area contributed by atoms with E-state index >= 15 is 0 Å². The molecule has 1 aromatic heterocycles. The van der Waals surface area contributed by atoms with Gasteiger partial charge in [0.15, 0.2) is 0 Å². The van der Waals surface area contributed by atoms with E-state index in [0.717, 1.165) is 21.7 Å². The molecule has 1 saturated heterocycles. The third-order valence-corrected chi connectivity index (χ3v) is 8.30. The fraction of sp³-hybridized carbons (Fsp3) is 0.625. The Morgan fingerprint density at radius 1 is 1.02 bits per heavy atom. The Bertz CT molecular complexity index is 1240. The predicted molar refractivity (Wildman–Crippen MR) is 181 cm³/mol. The van der Waals surface area contributed by atoms with Crippen molar-refractivity contribution in [3.05, 3.63) is 41.0 Å². The molecule has 0 saturated carbocycles. The normalized spacial score (nSPS) is 16.9. The molecule has 3 atom stereocenters. The van der Waals surface area contributed by atoms with E-state index in [1.54, 1.807) is 11.3 Å². The van der Waals surface area contributed by atoms with Crippen molar-refractivity contribution in [2.24, 2.45) is 11.1 Å². The highest BCUT2D eigenvalue weighted by Crippen LogP contribution is 2.28. The quantitative estimate of drug-likeness (QED) is 0.158. The lowest BCUT2D eigenvalue weighted by Crippen LogP contribution is -2.58. The molecule has 0 aliphatic carbocycles. The van der Waals surface area contributed by atoms with Crippen LogP contribution in [-0.4, -0.2) is 117 Å². The van der Waals surface area contributed by atoms with Gasteiger partial charge in [-0.25, -0.2) is 4.98 Å². The smallest absolute Gasteiger partial charge is 0.246 e. The van der Waals surface area contributed by atoms with E-state index in [-0.39, 0.29) is 57.6 Å². The summed E-state index contributed by atoms with van der Waals surface area (Å²) in [7, 11) is 0. The predicted octanol–water partition coefficient (Wildman–Crippen LogP) is 1.67. The number of aliphatic hydroxyl groups excluding tert-OH is 1. The summed E-state index contributed by atoms with van der Waals surface area (Å²) in [6.07, 6.45) is -0.737. The van der Waals surface area contributed by atoms with Crippen LogP contribution in [-0.2, 0) is 39.9 Å². The van der Waals surface area contributed by atoms with Gasteiger partial charge < -0.3 is 45.3 Å². The summed E-state index contributed by atoms with van der Waals surface area (Å²) >= 11 is 1.58. The van der Waals surface area contributed by atoms with Gasteiger partial charge in [0.05, 0.1) is 68.4 Å². The van der Waals surface area contributed by atoms with Gasteiger partial charge in [-0.05, 0) is 23.5 Å². The third kappa shape index (κ3) is 13.4. The van der Waals surface area contributed by atoms with Gasteiger partial charge in [-0.2, -0.15) is 0 Å². The Balaban J connectivity index is 0.00000768. The van der Waals surface area contributed by atoms with E-state index < -0.39 is 35.4 Å². The molecule has 1 fully saturated rings. The fourth-order valence-electron chi connectivity index (χ4n) is 4.89. The number of rotatable bonds is 19. The van der Waals surface area contributed by atoms with Gasteiger partial charge in [0.25, 0.3) is 0 Å². The second kappa shape index (κ2) is 20.6. The monoisotopic (exact) mass is 699 g/mol. The van der Waals surface area contributed by atoms with Crippen LogP contribution in [0.3, 0.4) is 0 Å². The van der Waals surface area contributed by atoms with Crippen LogP contribution in [0.25, 0.3) is 10.4 Å². The van der Waals surface area contributed by atoms with Crippen LogP contribution < -0.4 is 16.4 Å². The van der Waals surface area contributed by atoms with Gasteiger partial charge in [-0.1, -0.05) is 45.0 Å². The number of carbonyl (C=O) groups excluding carboxylic acids is 3. The molecule has 0 radical (unpaired) electrons. The second-order valence-corrected chi connectivity index (χ2v) is 13.0. The van der Waals surface area contributed by atoms with Gasteiger partial charge in [-0.15, -0.1) is 23.7 Å². The van der Waals surface area contributed by atoms with Gasteiger partial charge in [0.1, 0.15) is 18.7 Å². The first-order valence-corrected chi connectivity index (χ1v) is 16.4. The number of nitrogens with zero attached hydrogens (tertiary/aromatic N) is 2. The third-order valence-electron chi connectivity index (χ3n) is 7.32. The Labute approximate surface area is 287 Å². The molecule has 47 heavy (non-hydrogen) atoms. The molecule has 5 N–H and O–H groups in total. The van der Waals surface area contributed by atoms with E-state index in [1.165, 1.54) is 4.90 Å². The number of nitrogens with two attached hydrogens (primary N) is 1. The van der Waals surface area contributed by atoms with Crippen molar-refractivity contribution in [2.45, 2.75) is 58.8 Å². The zero-order chi connectivity index (χ0) is 33.5. The van der Waals surface area contributed by atoms with Crippen LogP contribution in [0.15, 0.2) is 29.8 Å². The van der Waals surface area contributed by atoms with Crippen LogP contribution in [0.5, 0.6) is 0 Å². The van der Waals surface area contributed by atoms with Gasteiger partial charge >= 0.3 is 0 Å². The van der Waals surface area contributed by atoms with Crippen LogP contribution in [0.4, 0.5) is 0 Å². The minimum absolute atomic E-state index is 0. The standard InChI is InChI=1S/C32H49N5O8S.ClH/c1-22-28(46-21-35-22)24-7-5-23(6-8-24)18-34-30(40)26-17-25(38)19-37(26)31(41)29(32(2,3)4)36-27(39)20-45-16-15-44-14-13-43-12-11-42-10-9-33;/h5-8,21,25-26,29,38H,9-20,33H2,1-4H3,(H,34,40)(H,36,39);1H/t25-,26?,29?;/m1./s1. The Morgan fingerprint density at radius 2 is 1.62 bits per heavy atom. The Morgan fingerprint density at radius 3 is 2.17 bits per heavy atom. The van der Waals surface area contributed by atoms with Crippen molar-refractivity contribution >= 4 is 41.5 Å². The minimum atomic E-state index is -0.936. The van der Waals surface area contributed by atoms with E-state index in [0.29, 0.717) is 39.6 Å². The lowest BCUT2D eigenvalue weighted by Gasteiger charge is -2.35. The Kier molecular flexibility index (Phi) is 17.8. The number of nitrogens with one attached hydrogen (secondary N) is 2. The van der Waals surface area contributed by atoms with E-state index in [9.17, 15) is 19.5 Å². The highest BCUT2D eigenvalue weighted by Gasteiger charge is 2.44. The molecule has 2 heterocycles. The van der Waals surface area contributed by atoms with Crippen molar-refractivity contribution in [3.63, 3.8) is 0 Å². The van der Waals surface area contributed by atoms with Crippen molar-refractivity contribution in [3.8, 4) is 10.4 Å². The molecule has 15 heteroatoms. The number of carbonyl (C=O) groups is 3. The number of likely N-dealkylation sites (tertiary alicyclic amines) is 1. The molecule has 2 unspecified atom stereocenters. The molecule has 13 nitrogen and oxygen atoms in total. The molecule has 3 amide bonds. The van der Waals surface area contributed by atoms with Gasteiger partial charge in [0.2, 0.25) is 17.7 Å². The number of β-amino-alcohol motifs (C(OH)–C–C–N with tert-alkyl or cyclic N) is 1. The summed E-state index contributed by atoms with van der Waals surface area (Å²) in [6, 6.07) is 6.07. The van der Waals surface area contributed by atoms with E-state index in [4.69, 9.17) is 24.7 Å². The number of ether oxygens (including phenoxy) is 4. The molecule has 2 aromatic rings. The summed E-state index contributed by atoms with van der Waals surface area (Å²) in [4.78, 5) is 46.5. The number of amides is 3. The summed E-state index contributed by atoms with van der Waals surface area (Å²) in [5.41, 5.74) is 9.42. The van der Waals surface area contributed by atoms with Gasteiger partial charge in [0, 0.05) is 26.1 Å². The first kappa shape index (κ1) is 40.5. The summed E-state index contributed by atoms with van der Waals surface area (Å²) in [6.45, 7) is 10.6. The molecular weight excluding hydrogens is 650 g/mol. The molecule has 0 spiro atoms. The maximum atomic E-state index is 13.7. The number of halogens is 1. The van der Waals surface area contributed by atoms with Crippen molar-refractivity contribution in [1.82, 2.24) is 20.5 Å². The summed E-state index contributed by atoms with van der Waals surface area (Å²) in [5.74, 6) is -1.26. The molecule has 1 aliphatic rings. The maximum absolute atomic E-state index is 13.7. The largest absolute Gasteiger partial charge is 0.391 e. The highest BCUT2D eigenvalue weighted by atomic mass is 35.5. The number of aryl methyl sites for hydroxylation is 1. The van der Waals surface area contributed by atoms with Gasteiger partial charge in [-0.3, -0.25) is 14.4 Å². The topological polar surface area (TPSA) is 175 Å². The highest BCUT2D eigenvalue weighted by molar-refractivity contribution is 7.13. The molecule has 1 aromatic carbocycles. The number of aromatic nitrogens is 1. The number of hydrogen-bond donors (Lipinski definition) is 4. The summed E-state index contributed by atoms with van der Waals surface area (Å²) in [5, 5.41) is 16.1. The number of hydrogen-bond acceptors (Lipinski definition) is 11. The molecule has 1 aliphatic heterocycles. The molecule has 0 bridgehead atoms. The first-order valence-electron chi connectivity index (χ1n) is 15.6. The first-order chi connectivity index (χ1) is 22.0. The number of aliphatic hydroxyl groups is 1. The average molecular weight is 700 g/mol.